The van der Waals surface area contributed by atoms with Crippen LogP contribution >= 0.6 is 0 Å². The Kier molecular flexibility index (Phi) is 7.18. The average Bonchev–Trinajstić information content (AvgIpc) is 2.13. The van der Waals surface area contributed by atoms with Crippen molar-refractivity contribution in [3.05, 3.63) is 0 Å². The van der Waals surface area contributed by atoms with Gasteiger partial charge in [0, 0.05) is 17.8 Å². The van der Waals surface area contributed by atoms with Crippen LogP contribution in [0, 0.1) is 0 Å². The minimum absolute atomic E-state index is 0.0572. The maximum Gasteiger partial charge on any atom is 0.151 e. The molecular formula is C11H25NO2S. The van der Waals surface area contributed by atoms with Crippen LogP contribution in [0.15, 0.2) is 0 Å². The molecule has 0 aliphatic carbocycles. The van der Waals surface area contributed by atoms with E-state index >= 15 is 0 Å². The Labute approximate surface area is 94.6 Å². The van der Waals surface area contributed by atoms with Crippen molar-refractivity contribution in [1.29, 1.82) is 0 Å². The Balaban J connectivity index is 3.87. The highest BCUT2D eigenvalue weighted by Crippen LogP contribution is 2.02. The molecule has 0 aromatic heterocycles. The van der Waals surface area contributed by atoms with E-state index in [4.69, 9.17) is 0 Å². The molecule has 0 amide bonds. The second-order valence-electron chi connectivity index (χ2n) is 4.31. The van der Waals surface area contributed by atoms with E-state index in [2.05, 4.69) is 19.2 Å². The molecule has 15 heavy (non-hydrogen) atoms. The smallest absolute Gasteiger partial charge is 0.151 e. The molecule has 2 atom stereocenters. The Morgan fingerprint density at radius 3 is 2.20 bits per heavy atom. The molecule has 4 heteroatoms. The monoisotopic (exact) mass is 235 g/mol. The summed E-state index contributed by atoms with van der Waals surface area (Å²) in [6.45, 7) is 7.92. The van der Waals surface area contributed by atoms with Crippen molar-refractivity contribution in [2.75, 3.05) is 11.5 Å². The molecule has 0 fully saturated rings. The van der Waals surface area contributed by atoms with Crippen LogP contribution in [0.2, 0.25) is 0 Å². The molecule has 0 bridgehead atoms. The number of nitrogens with one attached hydrogen (secondary N) is 1. The van der Waals surface area contributed by atoms with Crippen LogP contribution in [0.4, 0.5) is 0 Å². The van der Waals surface area contributed by atoms with Gasteiger partial charge in [-0.05, 0) is 20.3 Å². The summed E-state index contributed by atoms with van der Waals surface area (Å²) in [6.07, 6.45) is 3.50. The molecule has 0 saturated heterocycles. The predicted molar refractivity (Wildman–Crippen MR) is 65.9 cm³/mol. The van der Waals surface area contributed by atoms with Crippen molar-refractivity contribution in [2.45, 2.75) is 59.0 Å². The van der Waals surface area contributed by atoms with Crippen molar-refractivity contribution in [2.24, 2.45) is 0 Å². The normalized spacial score (nSPS) is 16.3. The second kappa shape index (κ2) is 7.23. The molecule has 2 unspecified atom stereocenters. The fourth-order valence-corrected chi connectivity index (χ4v) is 2.72. The highest BCUT2D eigenvalue weighted by atomic mass is 32.2. The van der Waals surface area contributed by atoms with Gasteiger partial charge < -0.3 is 5.32 Å². The molecule has 3 nitrogen and oxygen atoms in total. The molecule has 0 aliphatic rings. The lowest BCUT2D eigenvalue weighted by molar-refractivity contribution is 0.451. The van der Waals surface area contributed by atoms with Gasteiger partial charge in [-0.1, -0.05) is 26.7 Å². The lowest BCUT2D eigenvalue weighted by Crippen LogP contribution is -2.39. The molecule has 0 aliphatic heterocycles. The first-order valence-electron chi connectivity index (χ1n) is 5.87. The fraction of sp³-hybridized carbons (Fsp3) is 1.00. The lowest BCUT2D eigenvalue weighted by atomic mass is 10.1. The van der Waals surface area contributed by atoms with Crippen LogP contribution in [0.25, 0.3) is 0 Å². The van der Waals surface area contributed by atoms with Crippen LogP contribution in [0.3, 0.4) is 0 Å². The van der Waals surface area contributed by atoms with Crippen molar-refractivity contribution >= 4 is 9.84 Å². The highest BCUT2D eigenvalue weighted by Gasteiger charge is 2.14. The summed E-state index contributed by atoms with van der Waals surface area (Å²) in [5, 5.41) is 3.33. The quantitative estimate of drug-likeness (QED) is 0.700. The number of rotatable bonds is 8. The largest absolute Gasteiger partial charge is 0.311 e. The van der Waals surface area contributed by atoms with E-state index in [1.807, 2.05) is 6.92 Å². The number of hydrogen-bond acceptors (Lipinski definition) is 3. The zero-order valence-corrected chi connectivity index (χ0v) is 11.2. The van der Waals surface area contributed by atoms with Gasteiger partial charge in [0.05, 0.1) is 5.75 Å². The average molecular weight is 235 g/mol. The molecule has 0 aromatic carbocycles. The summed E-state index contributed by atoms with van der Waals surface area (Å²) in [6, 6.07) is 0.466. The van der Waals surface area contributed by atoms with E-state index in [1.165, 1.54) is 12.8 Å². The topological polar surface area (TPSA) is 46.2 Å². The first-order chi connectivity index (χ1) is 6.91. The minimum Gasteiger partial charge on any atom is -0.311 e. The van der Waals surface area contributed by atoms with Crippen LogP contribution in [-0.4, -0.2) is 32.0 Å². The van der Waals surface area contributed by atoms with E-state index < -0.39 is 9.84 Å². The summed E-state index contributed by atoms with van der Waals surface area (Å²) >= 11 is 0. The van der Waals surface area contributed by atoms with Crippen molar-refractivity contribution < 1.29 is 8.42 Å². The van der Waals surface area contributed by atoms with E-state index in [-0.39, 0.29) is 17.5 Å². The fourth-order valence-electron chi connectivity index (χ4n) is 1.63. The van der Waals surface area contributed by atoms with Gasteiger partial charge in [-0.3, -0.25) is 0 Å². The van der Waals surface area contributed by atoms with Gasteiger partial charge in [0.2, 0.25) is 0 Å². The van der Waals surface area contributed by atoms with Crippen LogP contribution in [-0.2, 0) is 9.84 Å². The first-order valence-corrected chi connectivity index (χ1v) is 7.69. The molecular weight excluding hydrogens is 210 g/mol. The van der Waals surface area contributed by atoms with E-state index in [1.54, 1.807) is 6.92 Å². The van der Waals surface area contributed by atoms with E-state index in [0.29, 0.717) is 6.04 Å². The second-order valence-corrected chi connectivity index (χ2v) is 6.71. The molecule has 0 spiro atoms. The summed E-state index contributed by atoms with van der Waals surface area (Å²) < 4.78 is 22.7. The van der Waals surface area contributed by atoms with Gasteiger partial charge in [-0.25, -0.2) is 8.42 Å². The molecule has 0 rings (SSSR count). The Morgan fingerprint density at radius 2 is 1.73 bits per heavy atom. The third-order valence-electron chi connectivity index (χ3n) is 2.50. The molecule has 92 valence electrons. The minimum atomic E-state index is -2.85. The number of unbranched alkanes of at least 4 members (excludes halogenated alkanes) is 1. The van der Waals surface area contributed by atoms with Gasteiger partial charge in [0.15, 0.2) is 9.84 Å². The molecule has 1 N–H and O–H groups in total. The van der Waals surface area contributed by atoms with Crippen molar-refractivity contribution in [3.8, 4) is 0 Å². The highest BCUT2D eigenvalue weighted by molar-refractivity contribution is 7.91. The summed E-state index contributed by atoms with van der Waals surface area (Å²) in [4.78, 5) is 0. The first kappa shape index (κ1) is 14.9. The molecule has 0 heterocycles. The van der Waals surface area contributed by atoms with Gasteiger partial charge >= 0.3 is 0 Å². The van der Waals surface area contributed by atoms with Crippen LogP contribution in [0.5, 0.6) is 0 Å². The van der Waals surface area contributed by atoms with E-state index in [9.17, 15) is 8.42 Å². The SMILES string of the molecule is CCCCC(C)NC(C)CS(=O)(=O)CC. The van der Waals surface area contributed by atoms with Crippen LogP contribution in [0.1, 0.15) is 47.0 Å². The van der Waals surface area contributed by atoms with Gasteiger partial charge in [-0.15, -0.1) is 0 Å². The standard InChI is InChI=1S/C11H25NO2S/c1-5-7-8-10(3)12-11(4)9-15(13,14)6-2/h10-12H,5-9H2,1-4H3. The third kappa shape index (κ3) is 7.79. The summed E-state index contributed by atoms with van der Waals surface area (Å²) in [5.74, 6) is 0.488. The number of sulfone groups is 1. The Hall–Kier alpha value is -0.0900. The van der Waals surface area contributed by atoms with E-state index in [0.717, 1.165) is 6.42 Å². The lowest BCUT2D eigenvalue weighted by Gasteiger charge is -2.19. The molecule has 0 radical (unpaired) electrons. The molecule has 0 aromatic rings. The molecule has 0 saturated carbocycles. The van der Waals surface area contributed by atoms with Crippen LogP contribution < -0.4 is 5.32 Å². The zero-order chi connectivity index (χ0) is 11.9. The van der Waals surface area contributed by atoms with Gasteiger partial charge in [0.25, 0.3) is 0 Å². The summed E-state index contributed by atoms with van der Waals surface area (Å²) in [7, 11) is -2.85. The maximum absolute atomic E-state index is 11.4. The van der Waals surface area contributed by atoms with Crippen molar-refractivity contribution in [3.63, 3.8) is 0 Å². The third-order valence-corrected chi connectivity index (χ3v) is 4.39. The Morgan fingerprint density at radius 1 is 1.13 bits per heavy atom. The van der Waals surface area contributed by atoms with Gasteiger partial charge in [0.1, 0.15) is 0 Å². The Bertz CT molecular complexity index is 249. The summed E-state index contributed by atoms with van der Waals surface area (Å²) in [5.41, 5.74) is 0. The zero-order valence-electron chi connectivity index (χ0n) is 10.4. The van der Waals surface area contributed by atoms with Crippen molar-refractivity contribution in [1.82, 2.24) is 5.32 Å². The van der Waals surface area contributed by atoms with Gasteiger partial charge in [-0.2, -0.15) is 0 Å². The predicted octanol–water partition coefficient (Wildman–Crippen LogP) is 1.98. The number of hydrogen-bond donors (Lipinski definition) is 1. The maximum atomic E-state index is 11.4.